The van der Waals surface area contributed by atoms with Crippen molar-refractivity contribution in [3.05, 3.63) is 88.7 Å². The maximum atomic E-state index is 13.6. The lowest BCUT2D eigenvalue weighted by Crippen LogP contribution is -2.39. The maximum Gasteiger partial charge on any atom is 0.417 e. The van der Waals surface area contributed by atoms with E-state index in [9.17, 15) is 14.4 Å². The number of hydrogen-bond acceptors (Lipinski definition) is 5. The molecular weight excluding hydrogens is 456 g/mol. The molecule has 7 heteroatoms. The highest BCUT2D eigenvalue weighted by molar-refractivity contribution is 6.09. The molecule has 0 aromatic heterocycles. The van der Waals surface area contributed by atoms with Crippen molar-refractivity contribution in [1.82, 2.24) is 4.90 Å². The van der Waals surface area contributed by atoms with Crippen molar-refractivity contribution in [3.63, 3.8) is 0 Å². The van der Waals surface area contributed by atoms with Gasteiger partial charge in [-0.05, 0) is 69.9 Å². The first-order chi connectivity index (χ1) is 17.1. The molecule has 0 saturated carbocycles. The van der Waals surface area contributed by atoms with E-state index < -0.39 is 29.9 Å². The average molecular weight is 487 g/mol. The number of fused-ring (bicyclic) bond motifs is 3. The van der Waals surface area contributed by atoms with Crippen LogP contribution in [0.25, 0.3) is 0 Å². The number of anilines is 1. The highest BCUT2D eigenvalue weighted by atomic mass is 16.6. The Bertz CT molecular complexity index is 1300. The van der Waals surface area contributed by atoms with Crippen LogP contribution in [-0.4, -0.2) is 34.6 Å². The fourth-order valence-electron chi connectivity index (χ4n) is 5.22. The van der Waals surface area contributed by atoms with Gasteiger partial charge in [0.1, 0.15) is 5.60 Å². The van der Waals surface area contributed by atoms with Gasteiger partial charge in [0, 0.05) is 17.2 Å². The third-order valence-corrected chi connectivity index (χ3v) is 7.02. The van der Waals surface area contributed by atoms with Gasteiger partial charge in [0.25, 0.3) is 11.8 Å². The number of benzene rings is 2. The number of amides is 3. The van der Waals surface area contributed by atoms with Crippen LogP contribution in [0.15, 0.2) is 77.6 Å². The van der Waals surface area contributed by atoms with Crippen molar-refractivity contribution in [2.45, 2.75) is 58.9 Å². The van der Waals surface area contributed by atoms with E-state index in [1.165, 1.54) is 11.2 Å². The van der Waals surface area contributed by atoms with Gasteiger partial charge in [-0.1, -0.05) is 42.5 Å². The van der Waals surface area contributed by atoms with Gasteiger partial charge in [0.2, 0.25) is 6.23 Å². The molecule has 2 heterocycles. The van der Waals surface area contributed by atoms with Crippen LogP contribution in [0.3, 0.4) is 0 Å². The highest BCUT2D eigenvalue weighted by Crippen LogP contribution is 2.50. The van der Waals surface area contributed by atoms with E-state index in [0.717, 1.165) is 16.7 Å². The number of hydrogen-bond donors (Lipinski definition) is 0. The summed E-state index contributed by atoms with van der Waals surface area (Å²) in [5.74, 6) is -0.820. The number of carbonyl (C=O) groups excluding carboxylic acids is 3. The van der Waals surface area contributed by atoms with Crippen molar-refractivity contribution in [2.24, 2.45) is 5.92 Å². The number of ether oxygens (including phenoxy) is 2. The van der Waals surface area contributed by atoms with Crippen molar-refractivity contribution in [2.75, 3.05) is 4.90 Å². The van der Waals surface area contributed by atoms with Crippen LogP contribution >= 0.6 is 0 Å². The first-order valence-corrected chi connectivity index (χ1v) is 12.1. The minimum Gasteiger partial charge on any atom is -0.473 e. The van der Waals surface area contributed by atoms with Crippen molar-refractivity contribution >= 4 is 23.6 Å². The Morgan fingerprint density at radius 1 is 0.972 bits per heavy atom. The second kappa shape index (κ2) is 8.66. The number of carbonyl (C=O) groups is 3. The molecule has 2 aromatic carbocycles. The Labute approximate surface area is 211 Å². The monoisotopic (exact) mass is 486 g/mol. The molecule has 186 valence electrons. The Balaban J connectivity index is 1.50. The molecule has 3 aliphatic rings. The molecule has 7 nitrogen and oxygen atoms in total. The van der Waals surface area contributed by atoms with Gasteiger partial charge in [-0.25, -0.2) is 9.69 Å². The Morgan fingerprint density at radius 3 is 2.33 bits per heavy atom. The van der Waals surface area contributed by atoms with Crippen LogP contribution in [0, 0.1) is 5.92 Å². The summed E-state index contributed by atoms with van der Waals surface area (Å²) >= 11 is 0. The first-order valence-electron chi connectivity index (χ1n) is 12.1. The van der Waals surface area contributed by atoms with E-state index >= 15 is 0 Å². The molecule has 0 N–H and O–H groups in total. The lowest BCUT2D eigenvalue weighted by molar-refractivity contribution is -0.125. The Morgan fingerprint density at radius 2 is 1.64 bits per heavy atom. The van der Waals surface area contributed by atoms with Crippen LogP contribution in [0.4, 0.5) is 10.5 Å². The standard InChI is InChI=1S/C29H30N2O5/c1-17-18(2)27(30(25(17)32)20-12-7-6-8-13-20)35-16-23-22-15-19-11-9-10-14-21(19)24(22)31(26(23)33)28(34)36-29(3,4)5/h6-14,16,22,24,27H,15H2,1-5H3/b23-16+. The Hall–Kier alpha value is -3.87. The fraction of sp³-hybridized carbons (Fsp3) is 0.345. The second-order valence-electron chi connectivity index (χ2n) is 10.5. The zero-order chi connectivity index (χ0) is 25.8. The molecule has 36 heavy (non-hydrogen) atoms. The largest absolute Gasteiger partial charge is 0.473 e. The lowest BCUT2D eigenvalue weighted by atomic mass is 9.97. The van der Waals surface area contributed by atoms with Crippen molar-refractivity contribution in [3.8, 4) is 0 Å². The fourth-order valence-corrected chi connectivity index (χ4v) is 5.22. The summed E-state index contributed by atoms with van der Waals surface area (Å²) in [7, 11) is 0. The average Bonchev–Trinajstić information content (AvgIpc) is 3.40. The van der Waals surface area contributed by atoms with Gasteiger partial charge in [0.05, 0.1) is 17.9 Å². The van der Waals surface area contributed by atoms with E-state index in [4.69, 9.17) is 9.47 Å². The summed E-state index contributed by atoms with van der Waals surface area (Å²) in [6.07, 6.45) is 0.710. The maximum absolute atomic E-state index is 13.6. The minimum atomic E-state index is -0.742. The first kappa shape index (κ1) is 23.9. The van der Waals surface area contributed by atoms with Crippen LogP contribution in [0.1, 0.15) is 51.8 Å². The van der Waals surface area contributed by atoms with E-state index in [1.807, 2.05) is 61.5 Å². The van der Waals surface area contributed by atoms with Crippen LogP contribution in [0.2, 0.25) is 0 Å². The third-order valence-electron chi connectivity index (χ3n) is 7.02. The zero-order valence-corrected chi connectivity index (χ0v) is 21.1. The predicted molar refractivity (Wildman–Crippen MR) is 135 cm³/mol. The van der Waals surface area contributed by atoms with Gasteiger partial charge in [-0.2, -0.15) is 0 Å². The molecule has 1 saturated heterocycles. The number of para-hydroxylation sites is 1. The van der Waals surface area contributed by atoms with Crippen LogP contribution < -0.4 is 4.90 Å². The van der Waals surface area contributed by atoms with Gasteiger partial charge in [-0.3, -0.25) is 14.5 Å². The van der Waals surface area contributed by atoms with Gasteiger partial charge >= 0.3 is 6.09 Å². The van der Waals surface area contributed by atoms with E-state index in [0.29, 0.717) is 23.3 Å². The van der Waals surface area contributed by atoms with E-state index in [2.05, 4.69) is 0 Å². The summed E-state index contributed by atoms with van der Waals surface area (Å²) in [5.41, 5.74) is 3.80. The summed E-state index contributed by atoms with van der Waals surface area (Å²) in [4.78, 5) is 42.6. The molecule has 3 atom stereocenters. The molecule has 2 aliphatic heterocycles. The topological polar surface area (TPSA) is 76.2 Å². The molecule has 1 aliphatic carbocycles. The van der Waals surface area contributed by atoms with Crippen molar-refractivity contribution < 1.29 is 23.9 Å². The quantitative estimate of drug-likeness (QED) is 0.435. The predicted octanol–water partition coefficient (Wildman–Crippen LogP) is 5.29. The number of nitrogens with zero attached hydrogens (tertiary/aromatic N) is 2. The lowest BCUT2D eigenvalue weighted by Gasteiger charge is -2.27. The second-order valence-corrected chi connectivity index (χ2v) is 10.5. The molecule has 3 unspecified atom stereocenters. The molecule has 0 radical (unpaired) electrons. The zero-order valence-electron chi connectivity index (χ0n) is 21.1. The molecular formula is C29H30N2O5. The SMILES string of the molecule is CC1=C(C)C(O/C=C2/C(=O)N(C(=O)OC(C)(C)C)C3c4ccccc4CC23)N(c2ccccc2)C1=O. The van der Waals surface area contributed by atoms with Crippen LogP contribution in [-0.2, 0) is 25.5 Å². The van der Waals surface area contributed by atoms with Gasteiger partial charge in [0.15, 0.2) is 0 Å². The van der Waals surface area contributed by atoms with Gasteiger partial charge in [-0.15, -0.1) is 0 Å². The summed E-state index contributed by atoms with van der Waals surface area (Å²) < 4.78 is 11.8. The number of imide groups is 1. The Kier molecular flexibility index (Phi) is 5.74. The molecule has 3 amide bonds. The number of rotatable bonds is 3. The van der Waals surface area contributed by atoms with E-state index in [1.54, 1.807) is 32.6 Å². The number of likely N-dealkylation sites (tertiary alicyclic amines) is 1. The highest BCUT2D eigenvalue weighted by Gasteiger charge is 2.53. The summed E-state index contributed by atoms with van der Waals surface area (Å²) in [6, 6.07) is 16.7. The minimum absolute atomic E-state index is 0.138. The normalized spacial score (nSPS) is 24.5. The molecule has 5 rings (SSSR count). The molecule has 0 bridgehead atoms. The third kappa shape index (κ3) is 3.88. The van der Waals surface area contributed by atoms with E-state index in [-0.39, 0.29) is 11.8 Å². The van der Waals surface area contributed by atoms with Gasteiger partial charge < -0.3 is 9.47 Å². The molecule has 1 fully saturated rings. The summed E-state index contributed by atoms with van der Waals surface area (Å²) in [6.45, 7) is 8.96. The summed E-state index contributed by atoms with van der Waals surface area (Å²) in [5, 5.41) is 0. The van der Waals surface area contributed by atoms with Crippen molar-refractivity contribution in [1.29, 1.82) is 0 Å². The smallest absolute Gasteiger partial charge is 0.417 e. The molecule has 0 spiro atoms. The molecule has 2 aromatic rings. The van der Waals surface area contributed by atoms with Crippen LogP contribution in [0.5, 0.6) is 0 Å².